The van der Waals surface area contributed by atoms with Gasteiger partial charge < -0.3 is 10.1 Å². The zero-order valence-corrected chi connectivity index (χ0v) is 15.6. The first-order chi connectivity index (χ1) is 11.1. The third-order valence-electron chi connectivity index (χ3n) is 3.41. The lowest BCUT2D eigenvalue weighted by Crippen LogP contribution is -2.27. The number of carbonyl (C=O) groups is 1. The van der Waals surface area contributed by atoms with Crippen LogP contribution in [-0.4, -0.2) is 18.8 Å². The second kappa shape index (κ2) is 8.99. The summed E-state index contributed by atoms with van der Waals surface area (Å²) in [7, 11) is 1.65. The largest absolute Gasteiger partial charge is 0.497 e. The summed E-state index contributed by atoms with van der Waals surface area (Å²) in [6.07, 6.45) is 0.492. The zero-order valence-electron chi connectivity index (χ0n) is 13.2. The van der Waals surface area contributed by atoms with E-state index in [2.05, 4.69) is 21.2 Å². The van der Waals surface area contributed by atoms with Gasteiger partial charge in [0, 0.05) is 21.5 Å². The van der Waals surface area contributed by atoms with E-state index in [9.17, 15) is 4.79 Å². The average molecular weight is 394 g/mol. The molecule has 1 unspecified atom stereocenters. The van der Waals surface area contributed by atoms with Gasteiger partial charge in [0.2, 0.25) is 5.91 Å². The van der Waals surface area contributed by atoms with Crippen molar-refractivity contribution in [2.24, 2.45) is 0 Å². The Bertz CT molecular complexity index is 646. The fraction of sp³-hybridized carbons (Fsp3) is 0.278. The van der Waals surface area contributed by atoms with E-state index in [4.69, 9.17) is 4.74 Å². The van der Waals surface area contributed by atoms with Gasteiger partial charge in [-0.1, -0.05) is 34.1 Å². The minimum Gasteiger partial charge on any atom is -0.497 e. The van der Waals surface area contributed by atoms with Crippen molar-refractivity contribution in [2.75, 3.05) is 12.9 Å². The fourth-order valence-electron chi connectivity index (χ4n) is 2.15. The van der Waals surface area contributed by atoms with Gasteiger partial charge in [-0.3, -0.25) is 4.79 Å². The number of nitrogens with one attached hydrogen (secondary N) is 1. The Labute approximate surface area is 149 Å². The Kier molecular flexibility index (Phi) is 6.99. The van der Waals surface area contributed by atoms with E-state index in [-0.39, 0.29) is 11.9 Å². The molecule has 0 aliphatic carbocycles. The van der Waals surface area contributed by atoms with Crippen LogP contribution in [0.3, 0.4) is 0 Å². The van der Waals surface area contributed by atoms with Crippen molar-refractivity contribution >= 4 is 33.6 Å². The molecule has 0 aromatic heterocycles. The van der Waals surface area contributed by atoms with E-state index < -0.39 is 0 Å². The molecule has 0 aliphatic rings. The van der Waals surface area contributed by atoms with Crippen LogP contribution in [0.25, 0.3) is 0 Å². The molecule has 0 spiro atoms. The number of halogens is 1. The van der Waals surface area contributed by atoms with Gasteiger partial charge in [0.15, 0.2) is 0 Å². The molecule has 122 valence electrons. The number of amides is 1. The Morgan fingerprint density at radius 1 is 1.22 bits per heavy atom. The summed E-state index contributed by atoms with van der Waals surface area (Å²) in [6, 6.07) is 15.8. The molecule has 0 heterocycles. The summed E-state index contributed by atoms with van der Waals surface area (Å²) in [5, 5.41) is 3.04. The molecule has 0 saturated carbocycles. The number of carbonyl (C=O) groups excluding carboxylic acids is 1. The monoisotopic (exact) mass is 393 g/mol. The van der Waals surface area contributed by atoms with Crippen LogP contribution in [0.4, 0.5) is 0 Å². The van der Waals surface area contributed by atoms with Crippen LogP contribution in [0.15, 0.2) is 57.9 Å². The molecule has 0 radical (unpaired) electrons. The van der Waals surface area contributed by atoms with Gasteiger partial charge in [-0.05, 0) is 42.8 Å². The topological polar surface area (TPSA) is 38.3 Å². The first-order valence-electron chi connectivity index (χ1n) is 7.41. The molecule has 3 nitrogen and oxygen atoms in total. The summed E-state index contributed by atoms with van der Waals surface area (Å²) in [5.74, 6) is 1.66. The van der Waals surface area contributed by atoms with Crippen molar-refractivity contribution in [2.45, 2.75) is 24.3 Å². The van der Waals surface area contributed by atoms with E-state index in [1.165, 1.54) is 0 Å². The van der Waals surface area contributed by atoms with Gasteiger partial charge in [-0.25, -0.2) is 0 Å². The second-order valence-electron chi connectivity index (χ2n) is 5.08. The first-order valence-corrected chi connectivity index (χ1v) is 9.18. The van der Waals surface area contributed by atoms with Crippen LogP contribution in [0, 0.1) is 0 Å². The van der Waals surface area contributed by atoms with Crippen molar-refractivity contribution in [1.82, 2.24) is 5.32 Å². The van der Waals surface area contributed by atoms with Gasteiger partial charge in [0.05, 0.1) is 13.2 Å². The maximum atomic E-state index is 12.1. The number of methoxy groups -OCH3 is 1. The summed E-state index contributed by atoms with van der Waals surface area (Å²) in [4.78, 5) is 13.2. The number of rotatable bonds is 7. The van der Waals surface area contributed by atoms with E-state index in [1.807, 2.05) is 55.5 Å². The summed E-state index contributed by atoms with van der Waals surface area (Å²) in [6.45, 7) is 1.99. The number of benzene rings is 2. The highest BCUT2D eigenvalue weighted by Gasteiger charge is 2.11. The molecule has 2 aromatic rings. The van der Waals surface area contributed by atoms with Crippen molar-refractivity contribution in [3.8, 4) is 5.75 Å². The van der Waals surface area contributed by atoms with Crippen LogP contribution >= 0.6 is 27.7 Å². The molecule has 0 aliphatic heterocycles. The lowest BCUT2D eigenvalue weighted by atomic mass is 10.1. The molecule has 1 amide bonds. The summed E-state index contributed by atoms with van der Waals surface area (Å²) in [5.41, 5.74) is 1.09. The quantitative estimate of drug-likeness (QED) is 0.685. The van der Waals surface area contributed by atoms with Crippen LogP contribution in [0.5, 0.6) is 5.75 Å². The van der Waals surface area contributed by atoms with E-state index in [0.717, 1.165) is 26.4 Å². The van der Waals surface area contributed by atoms with Crippen molar-refractivity contribution in [3.63, 3.8) is 0 Å². The zero-order chi connectivity index (χ0) is 16.7. The number of hydrogen-bond donors (Lipinski definition) is 1. The minimum absolute atomic E-state index is 0.0101. The molecule has 5 heteroatoms. The number of hydrogen-bond acceptors (Lipinski definition) is 3. The molecule has 1 atom stereocenters. The van der Waals surface area contributed by atoms with E-state index >= 15 is 0 Å². The van der Waals surface area contributed by atoms with Crippen LogP contribution in [0.1, 0.15) is 24.9 Å². The van der Waals surface area contributed by atoms with Gasteiger partial charge in [-0.2, -0.15) is 0 Å². The van der Waals surface area contributed by atoms with Crippen molar-refractivity contribution in [1.29, 1.82) is 0 Å². The van der Waals surface area contributed by atoms with E-state index in [1.54, 1.807) is 18.9 Å². The third-order valence-corrected chi connectivity index (χ3v) is 5.14. The molecule has 23 heavy (non-hydrogen) atoms. The van der Waals surface area contributed by atoms with Gasteiger partial charge >= 0.3 is 0 Å². The highest BCUT2D eigenvalue weighted by molar-refractivity contribution is 9.10. The molecule has 1 N–H and O–H groups in total. The van der Waals surface area contributed by atoms with Gasteiger partial charge in [0.25, 0.3) is 0 Å². The lowest BCUT2D eigenvalue weighted by Gasteiger charge is -2.15. The standard InChI is InChI=1S/C18H20BrNO2S/c1-13(16-5-3-4-6-17(16)19)20-18(21)11-12-23-15-9-7-14(22-2)8-10-15/h3-10,13H,11-12H2,1-2H3,(H,20,21). The molecule has 2 rings (SSSR count). The van der Waals surface area contributed by atoms with Gasteiger partial charge in [-0.15, -0.1) is 11.8 Å². The smallest absolute Gasteiger partial charge is 0.221 e. The van der Waals surface area contributed by atoms with Crippen LogP contribution < -0.4 is 10.1 Å². The van der Waals surface area contributed by atoms with Crippen molar-refractivity contribution in [3.05, 3.63) is 58.6 Å². The maximum absolute atomic E-state index is 12.1. The molecule has 0 saturated heterocycles. The first kappa shape index (κ1) is 17.9. The SMILES string of the molecule is COc1ccc(SCCC(=O)NC(C)c2ccccc2Br)cc1. The normalized spacial score (nSPS) is 11.8. The average Bonchev–Trinajstić information content (AvgIpc) is 2.55. The highest BCUT2D eigenvalue weighted by Crippen LogP contribution is 2.24. The highest BCUT2D eigenvalue weighted by atomic mass is 79.9. The predicted octanol–water partition coefficient (Wildman–Crippen LogP) is 4.82. The molecule has 0 bridgehead atoms. The van der Waals surface area contributed by atoms with Gasteiger partial charge in [0.1, 0.15) is 5.75 Å². The fourth-order valence-corrected chi connectivity index (χ4v) is 3.63. The Morgan fingerprint density at radius 3 is 2.57 bits per heavy atom. The Balaban J connectivity index is 1.77. The maximum Gasteiger partial charge on any atom is 0.221 e. The molecular weight excluding hydrogens is 374 g/mol. The number of ether oxygens (including phenoxy) is 1. The Hall–Kier alpha value is -1.46. The Morgan fingerprint density at radius 2 is 1.91 bits per heavy atom. The molecular formula is C18H20BrNO2S. The third kappa shape index (κ3) is 5.59. The van der Waals surface area contributed by atoms with Crippen LogP contribution in [0.2, 0.25) is 0 Å². The predicted molar refractivity (Wildman–Crippen MR) is 99.0 cm³/mol. The minimum atomic E-state index is -0.0101. The summed E-state index contributed by atoms with van der Waals surface area (Å²) >= 11 is 5.18. The number of thioether (sulfide) groups is 1. The molecule has 2 aromatic carbocycles. The van der Waals surface area contributed by atoms with Crippen LogP contribution in [-0.2, 0) is 4.79 Å². The summed E-state index contributed by atoms with van der Waals surface area (Å²) < 4.78 is 6.14. The second-order valence-corrected chi connectivity index (χ2v) is 7.11. The lowest BCUT2D eigenvalue weighted by molar-refractivity contribution is -0.121. The van der Waals surface area contributed by atoms with E-state index in [0.29, 0.717) is 6.42 Å². The molecule has 0 fully saturated rings. The van der Waals surface area contributed by atoms with Crippen molar-refractivity contribution < 1.29 is 9.53 Å².